The average Bonchev–Trinajstić information content (AvgIpc) is 3.13. The number of Topliss-reactive ketones (excluding diaryl/α,β-unsaturated/α-hetero) is 1. The molecule has 0 saturated heterocycles. The Morgan fingerprint density at radius 1 is 1.31 bits per heavy atom. The molecule has 166 valence electrons. The Labute approximate surface area is 185 Å². The molecule has 3 heterocycles. The molecule has 4 rings (SSSR count). The third-order valence-corrected chi connectivity index (χ3v) is 5.69. The molecule has 0 saturated carbocycles. The summed E-state index contributed by atoms with van der Waals surface area (Å²) in [6.07, 6.45) is 8.67. The first-order valence-corrected chi connectivity index (χ1v) is 10.4. The normalized spacial score (nSPS) is 17.6. The van der Waals surface area contributed by atoms with Crippen LogP contribution in [-0.2, 0) is 16.1 Å². The Balaban J connectivity index is 1.82. The van der Waals surface area contributed by atoms with Crippen molar-refractivity contribution in [1.82, 2.24) is 14.9 Å². The summed E-state index contributed by atoms with van der Waals surface area (Å²) in [5.41, 5.74) is 4.12. The molecule has 2 aliphatic rings. The fourth-order valence-electron chi connectivity index (χ4n) is 3.87. The van der Waals surface area contributed by atoms with Gasteiger partial charge < -0.3 is 15.2 Å². The second-order valence-corrected chi connectivity index (χ2v) is 8.18. The molecule has 0 fully saturated rings. The lowest BCUT2D eigenvalue weighted by molar-refractivity contribution is -0.129. The maximum atomic E-state index is 13.0. The second-order valence-electron chi connectivity index (χ2n) is 8.18. The van der Waals surface area contributed by atoms with Gasteiger partial charge in [0.1, 0.15) is 5.82 Å². The number of carbonyl (C=O) groups excluding carboxylic acids is 3. The van der Waals surface area contributed by atoms with E-state index in [9.17, 15) is 14.4 Å². The molecule has 0 aromatic carbocycles. The van der Waals surface area contributed by atoms with Crippen LogP contribution >= 0.6 is 0 Å². The zero-order valence-electron chi connectivity index (χ0n) is 18.3. The predicted octanol–water partition coefficient (Wildman–Crippen LogP) is 2.74. The van der Waals surface area contributed by atoms with Crippen molar-refractivity contribution in [2.75, 3.05) is 16.9 Å². The van der Waals surface area contributed by atoms with E-state index < -0.39 is 0 Å². The van der Waals surface area contributed by atoms with Gasteiger partial charge in [-0.1, -0.05) is 19.1 Å². The molecule has 0 radical (unpaired) electrons. The number of hydrogen-bond donors (Lipinski definition) is 3. The molecule has 0 spiro atoms. The van der Waals surface area contributed by atoms with Gasteiger partial charge in [-0.05, 0) is 30.5 Å². The zero-order valence-corrected chi connectivity index (χ0v) is 18.3. The van der Waals surface area contributed by atoms with E-state index in [1.165, 1.54) is 18.7 Å². The lowest BCUT2D eigenvalue weighted by Crippen LogP contribution is -2.38. The Morgan fingerprint density at radius 2 is 2.09 bits per heavy atom. The van der Waals surface area contributed by atoms with E-state index in [0.29, 0.717) is 40.7 Å². The van der Waals surface area contributed by atoms with Gasteiger partial charge in [0.25, 0.3) is 0 Å². The number of nitrogens with zero attached hydrogens (tertiary/aromatic N) is 3. The Bertz CT molecular complexity index is 1160. The number of nitrogens with one attached hydrogen (secondary N) is 2. The van der Waals surface area contributed by atoms with Crippen LogP contribution in [0.25, 0.3) is 11.3 Å². The first-order chi connectivity index (χ1) is 15.2. The fourth-order valence-corrected chi connectivity index (χ4v) is 3.87. The van der Waals surface area contributed by atoms with Crippen molar-refractivity contribution in [3.8, 4) is 11.3 Å². The maximum absolute atomic E-state index is 13.0. The van der Waals surface area contributed by atoms with Crippen molar-refractivity contribution < 1.29 is 14.4 Å². The maximum Gasteiger partial charge on any atom is 0.239 e. The van der Waals surface area contributed by atoms with Gasteiger partial charge >= 0.3 is 0 Å². The summed E-state index contributed by atoms with van der Waals surface area (Å²) in [5.74, 6) is 5.93. The summed E-state index contributed by atoms with van der Waals surface area (Å²) in [6.45, 7) is 5.28. The van der Waals surface area contributed by atoms with Crippen LogP contribution in [0.4, 0.5) is 11.5 Å². The van der Waals surface area contributed by atoms with Gasteiger partial charge in [0.05, 0.1) is 30.0 Å². The van der Waals surface area contributed by atoms with Gasteiger partial charge in [-0.15, -0.1) is 0 Å². The van der Waals surface area contributed by atoms with Crippen LogP contribution < -0.4 is 16.2 Å². The van der Waals surface area contributed by atoms with Gasteiger partial charge in [0, 0.05) is 37.0 Å². The molecular weight excluding hydrogens is 408 g/mol. The predicted molar refractivity (Wildman–Crippen MR) is 121 cm³/mol. The van der Waals surface area contributed by atoms with E-state index in [4.69, 9.17) is 5.84 Å². The summed E-state index contributed by atoms with van der Waals surface area (Å²) >= 11 is 0. The number of ketones is 1. The third-order valence-electron chi connectivity index (χ3n) is 5.69. The molecule has 1 atom stereocenters. The largest absolute Gasteiger partial charge is 0.355 e. The molecule has 2 amide bonds. The highest BCUT2D eigenvalue weighted by Crippen LogP contribution is 2.38. The summed E-state index contributed by atoms with van der Waals surface area (Å²) in [6, 6.07) is 3.46. The number of H-pyrrole nitrogens is 1. The number of hydrazine groups is 1. The highest BCUT2D eigenvalue weighted by molar-refractivity contribution is 6.09. The minimum Gasteiger partial charge on any atom is -0.355 e. The highest BCUT2D eigenvalue weighted by Gasteiger charge is 2.32. The van der Waals surface area contributed by atoms with E-state index in [0.717, 1.165) is 17.1 Å². The first kappa shape index (κ1) is 21.5. The van der Waals surface area contributed by atoms with Crippen molar-refractivity contribution in [2.24, 2.45) is 11.8 Å². The van der Waals surface area contributed by atoms with Gasteiger partial charge in [0.15, 0.2) is 5.78 Å². The third kappa shape index (κ3) is 4.06. The molecule has 4 N–H and O–H groups in total. The highest BCUT2D eigenvalue weighted by atomic mass is 16.2. The summed E-state index contributed by atoms with van der Waals surface area (Å²) < 4.78 is 0. The van der Waals surface area contributed by atoms with Crippen LogP contribution in [0.5, 0.6) is 0 Å². The average molecular weight is 435 g/mol. The number of pyridine rings is 1. The van der Waals surface area contributed by atoms with Crippen LogP contribution in [-0.4, -0.2) is 39.0 Å². The number of hydrogen-bond acceptors (Lipinski definition) is 6. The molecular formula is C23H26N6O3. The first-order valence-electron chi connectivity index (χ1n) is 10.4. The van der Waals surface area contributed by atoms with Crippen molar-refractivity contribution in [1.29, 1.82) is 0 Å². The molecule has 32 heavy (non-hydrogen) atoms. The van der Waals surface area contributed by atoms with Crippen LogP contribution in [0, 0.1) is 5.92 Å². The lowest BCUT2D eigenvalue weighted by Gasteiger charge is -2.25. The topological polar surface area (TPSA) is 124 Å². The Kier molecular flexibility index (Phi) is 5.67. The SMILES string of the molecule is CC(=O)N1CC(=O)c2c([nH]c(-c3ccnc(N(N)C(C)=O)c3)c2NC2=CCC(C)C=C2)C1. The van der Waals surface area contributed by atoms with Crippen LogP contribution in [0.3, 0.4) is 0 Å². The van der Waals surface area contributed by atoms with Gasteiger partial charge in [0.2, 0.25) is 11.8 Å². The minimum absolute atomic E-state index is 0.0305. The summed E-state index contributed by atoms with van der Waals surface area (Å²) in [7, 11) is 0. The van der Waals surface area contributed by atoms with Crippen LogP contribution in [0.1, 0.15) is 43.2 Å². The van der Waals surface area contributed by atoms with Gasteiger partial charge in [-0.2, -0.15) is 0 Å². The standard InChI is InChI=1S/C23H26N6O3/c1-13-4-6-17(7-5-13)26-23-21-18(11-28(14(2)30)12-19(21)32)27-22(23)16-8-9-25-20(10-16)29(24)15(3)31/h4,6-10,13,26-27H,5,11-12,24H2,1-3H3. The minimum atomic E-state index is -0.349. The molecule has 9 heteroatoms. The Hall–Kier alpha value is -3.72. The Morgan fingerprint density at radius 3 is 2.75 bits per heavy atom. The number of rotatable bonds is 4. The quantitative estimate of drug-likeness (QED) is 0.386. The smallest absolute Gasteiger partial charge is 0.239 e. The molecule has 1 aliphatic carbocycles. The van der Waals surface area contributed by atoms with Crippen molar-refractivity contribution in [3.63, 3.8) is 0 Å². The van der Waals surface area contributed by atoms with Gasteiger partial charge in [-0.3, -0.25) is 14.4 Å². The van der Waals surface area contributed by atoms with E-state index in [1.807, 2.05) is 6.08 Å². The van der Waals surface area contributed by atoms with E-state index in [1.54, 1.807) is 18.3 Å². The number of aromatic nitrogens is 2. The second kappa shape index (κ2) is 8.43. The molecule has 9 nitrogen and oxygen atoms in total. The van der Waals surface area contributed by atoms with Crippen molar-refractivity contribution >= 4 is 29.1 Å². The van der Waals surface area contributed by atoms with Crippen LogP contribution in [0.15, 0.2) is 42.3 Å². The molecule has 2 aromatic heterocycles. The summed E-state index contributed by atoms with van der Waals surface area (Å²) in [4.78, 5) is 45.7. The number of aromatic amines is 1. The molecule has 0 bridgehead atoms. The van der Waals surface area contributed by atoms with E-state index >= 15 is 0 Å². The fraction of sp³-hybridized carbons (Fsp3) is 0.304. The number of amides is 2. The van der Waals surface area contributed by atoms with E-state index in [2.05, 4.69) is 34.4 Å². The van der Waals surface area contributed by atoms with E-state index in [-0.39, 0.29) is 30.0 Å². The zero-order chi connectivity index (χ0) is 23.0. The number of fused-ring (bicyclic) bond motifs is 1. The number of anilines is 2. The van der Waals surface area contributed by atoms with Gasteiger partial charge in [-0.25, -0.2) is 15.8 Å². The summed E-state index contributed by atoms with van der Waals surface area (Å²) in [5, 5.41) is 4.38. The number of carbonyl (C=O) groups is 3. The lowest BCUT2D eigenvalue weighted by atomic mass is 9.99. The molecule has 1 unspecified atom stereocenters. The number of allylic oxidation sites excluding steroid dienone is 3. The number of nitrogens with two attached hydrogens (primary N) is 1. The van der Waals surface area contributed by atoms with Crippen LogP contribution in [0.2, 0.25) is 0 Å². The molecule has 1 aliphatic heterocycles. The van der Waals surface area contributed by atoms with Crippen molar-refractivity contribution in [2.45, 2.75) is 33.7 Å². The monoisotopic (exact) mass is 434 g/mol. The van der Waals surface area contributed by atoms with Crippen molar-refractivity contribution in [3.05, 3.63) is 53.5 Å². The molecule has 2 aromatic rings.